The average molecular weight is 253 g/mol. The van der Waals surface area contributed by atoms with E-state index in [0.717, 1.165) is 25.9 Å². The van der Waals surface area contributed by atoms with Crippen LogP contribution in [0.15, 0.2) is 0 Å². The lowest BCUT2D eigenvalue weighted by Gasteiger charge is -2.37. The molecule has 1 aliphatic heterocycles. The number of likely N-dealkylation sites (N-methyl/N-ethyl adjacent to an activating group) is 1. The van der Waals surface area contributed by atoms with Gasteiger partial charge in [0.25, 0.3) is 0 Å². The molecule has 2 rings (SSSR count). The summed E-state index contributed by atoms with van der Waals surface area (Å²) in [6, 6.07) is 0. The summed E-state index contributed by atoms with van der Waals surface area (Å²) in [6.45, 7) is 3.77. The van der Waals surface area contributed by atoms with Crippen LogP contribution in [0.5, 0.6) is 0 Å². The van der Waals surface area contributed by atoms with E-state index >= 15 is 0 Å². The van der Waals surface area contributed by atoms with Crippen LogP contribution in [0.3, 0.4) is 0 Å². The molecule has 104 valence electrons. The smallest absolute Gasteiger partial charge is 0.240 e. The lowest BCUT2D eigenvalue weighted by atomic mass is 9.94. The SMILES string of the molecule is CN(C)C1(CNC(=O)C2(C)CCCN2)CCCC1. The summed E-state index contributed by atoms with van der Waals surface area (Å²) in [5.74, 6) is 0.174. The van der Waals surface area contributed by atoms with Crippen molar-refractivity contribution in [3.63, 3.8) is 0 Å². The third-order valence-electron chi connectivity index (χ3n) is 4.93. The van der Waals surface area contributed by atoms with Crippen molar-refractivity contribution >= 4 is 5.91 Å². The Bertz CT molecular complexity index is 302. The molecule has 1 aliphatic carbocycles. The predicted molar refractivity (Wildman–Crippen MR) is 73.5 cm³/mol. The van der Waals surface area contributed by atoms with Crippen LogP contribution in [0.4, 0.5) is 0 Å². The Labute approximate surface area is 110 Å². The van der Waals surface area contributed by atoms with Gasteiger partial charge < -0.3 is 15.5 Å². The summed E-state index contributed by atoms with van der Waals surface area (Å²) in [4.78, 5) is 14.6. The van der Waals surface area contributed by atoms with Gasteiger partial charge in [0.05, 0.1) is 5.54 Å². The first-order chi connectivity index (χ1) is 8.49. The van der Waals surface area contributed by atoms with Gasteiger partial charge >= 0.3 is 0 Å². The Kier molecular flexibility index (Phi) is 3.97. The van der Waals surface area contributed by atoms with Gasteiger partial charge in [0.2, 0.25) is 5.91 Å². The van der Waals surface area contributed by atoms with Crippen LogP contribution in [0, 0.1) is 0 Å². The lowest BCUT2D eigenvalue weighted by molar-refractivity contribution is -0.127. The van der Waals surface area contributed by atoms with Crippen molar-refractivity contribution in [2.45, 2.75) is 56.5 Å². The number of hydrogen-bond acceptors (Lipinski definition) is 3. The Morgan fingerprint density at radius 2 is 1.89 bits per heavy atom. The van der Waals surface area contributed by atoms with E-state index in [9.17, 15) is 4.79 Å². The molecule has 18 heavy (non-hydrogen) atoms. The van der Waals surface area contributed by atoms with Gasteiger partial charge in [-0.05, 0) is 53.2 Å². The second-order valence-electron chi connectivity index (χ2n) is 6.37. The van der Waals surface area contributed by atoms with Gasteiger partial charge in [-0.2, -0.15) is 0 Å². The maximum Gasteiger partial charge on any atom is 0.240 e. The van der Waals surface area contributed by atoms with E-state index in [4.69, 9.17) is 0 Å². The second-order valence-corrected chi connectivity index (χ2v) is 6.37. The van der Waals surface area contributed by atoms with E-state index in [1.807, 2.05) is 6.92 Å². The topological polar surface area (TPSA) is 44.4 Å². The van der Waals surface area contributed by atoms with Crippen LogP contribution in [0.1, 0.15) is 45.4 Å². The molecule has 0 aromatic heterocycles. The highest BCUT2D eigenvalue weighted by molar-refractivity contribution is 5.86. The van der Waals surface area contributed by atoms with Gasteiger partial charge in [-0.3, -0.25) is 4.79 Å². The van der Waals surface area contributed by atoms with Crippen LogP contribution in [-0.2, 0) is 4.79 Å². The van der Waals surface area contributed by atoms with E-state index in [1.54, 1.807) is 0 Å². The maximum atomic E-state index is 12.3. The van der Waals surface area contributed by atoms with Crippen molar-refractivity contribution in [1.82, 2.24) is 15.5 Å². The molecule has 4 heteroatoms. The van der Waals surface area contributed by atoms with Crippen LogP contribution in [-0.4, -0.2) is 49.1 Å². The average Bonchev–Trinajstić information content (AvgIpc) is 2.96. The minimum Gasteiger partial charge on any atom is -0.353 e. The van der Waals surface area contributed by atoms with Gasteiger partial charge in [-0.15, -0.1) is 0 Å². The van der Waals surface area contributed by atoms with Crippen molar-refractivity contribution in [3.05, 3.63) is 0 Å². The number of carbonyl (C=O) groups excluding carboxylic acids is 1. The zero-order chi connectivity index (χ0) is 13.2. The van der Waals surface area contributed by atoms with Crippen molar-refractivity contribution in [1.29, 1.82) is 0 Å². The van der Waals surface area contributed by atoms with Crippen LogP contribution in [0.2, 0.25) is 0 Å². The van der Waals surface area contributed by atoms with Gasteiger partial charge in [-0.25, -0.2) is 0 Å². The van der Waals surface area contributed by atoms with Crippen molar-refractivity contribution < 1.29 is 4.79 Å². The highest BCUT2D eigenvalue weighted by Gasteiger charge is 2.40. The molecule has 0 aromatic rings. The fourth-order valence-electron chi connectivity index (χ4n) is 3.34. The lowest BCUT2D eigenvalue weighted by Crippen LogP contribution is -2.57. The monoisotopic (exact) mass is 253 g/mol. The third kappa shape index (κ3) is 2.54. The van der Waals surface area contributed by atoms with E-state index in [0.29, 0.717) is 0 Å². The minimum atomic E-state index is -0.341. The molecule has 0 spiro atoms. The van der Waals surface area contributed by atoms with E-state index < -0.39 is 0 Å². The molecule has 1 amide bonds. The number of nitrogens with one attached hydrogen (secondary N) is 2. The molecule has 1 heterocycles. The van der Waals surface area contributed by atoms with Crippen LogP contribution >= 0.6 is 0 Å². The molecule has 0 bridgehead atoms. The summed E-state index contributed by atoms with van der Waals surface area (Å²) in [5.41, 5.74) is -0.156. The molecule has 2 aliphatic rings. The highest BCUT2D eigenvalue weighted by atomic mass is 16.2. The first-order valence-electron chi connectivity index (χ1n) is 7.19. The van der Waals surface area contributed by atoms with Crippen molar-refractivity contribution in [2.24, 2.45) is 0 Å². The second kappa shape index (κ2) is 5.17. The number of hydrogen-bond donors (Lipinski definition) is 2. The molecule has 2 fully saturated rings. The Morgan fingerprint density at radius 3 is 2.39 bits per heavy atom. The molecule has 0 aromatic carbocycles. The van der Waals surface area contributed by atoms with Gasteiger partial charge in [0.1, 0.15) is 0 Å². The van der Waals surface area contributed by atoms with Gasteiger partial charge in [0.15, 0.2) is 0 Å². The highest BCUT2D eigenvalue weighted by Crippen LogP contribution is 2.33. The first-order valence-corrected chi connectivity index (χ1v) is 7.19. The van der Waals surface area contributed by atoms with Crippen LogP contribution < -0.4 is 10.6 Å². The van der Waals surface area contributed by atoms with E-state index in [-0.39, 0.29) is 17.0 Å². The largest absolute Gasteiger partial charge is 0.353 e. The predicted octanol–water partition coefficient (Wildman–Crippen LogP) is 1.12. The number of rotatable bonds is 4. The zero-order valence-corrected chi connectivity index (χ0v) is 12.0. The minimum absolute atomic E-state index is 0.174. The maximum absolute atomic E-state index is 12.3. The van der Waals surface area contributed by atoms with Crippen LogP contribution in [0.25, 0.3) is 0 Å². The molecule has 2 N–H and O–H groups in total. The fourth-order valence-corrected chi connectivity index (χ4v) is 3.34. The summed E-state index contributed by atoms with van der Waals surface area (Å²) < 4.78 is 0. The number of amides is 1. The number of carbonyl (C=O) groups is 1. The quantitative estimate of drug-likeness (QED) is 0.789. The summed E-state index contributed by atoms with van der Waals surface area (Å²) in [7, 11) is 4.26. The molecule has 1 saturated carbocycles. The van der Waals surface area contributed by atoms with Gasteiger partial charge in [-0.1, -0.05) is 12.8 Å². The Morgan fingerprint density at radius 1 is 1.22 bits per heavy atom. The summed E-state index contributed by atoms with van der Waals surface area (Å²) in [6.07, 6.45) is 7.01. The summed E-state index contributed by atoms with van der Waals surface area (Å²) in [5, 5.41) is 6.51. The molecular weight excluding hydrogens is 226 g/mol. The van der Waals surface area contributed by atoms with E-state index in [2.05, 4.69) is 29.6 Å². The van der Waals surface area contributed by atoms with Gasteiger partial charge in [0, 0.05) is 12.1 Å². The standard InChI is InChI=1S/C14H27N3O/c1-13(7-6-10-16-13)12(18)15-11-14(17(2)3)8-4-5-9-14/h16H,4-11H2,1-3H3,(H,15,18). The molecule has 1 unspecified atom stereocenters. The Hall–Kier alpha value is -0.610. The summed E-state index contributed by atoms with van der Waals surface area (Å²) >= 11 is 0. The zero-order valence-electron chi connectivity index (χ0n) is 12.0. The molecule has 1 atom stereocenters. The Balaban J connectivity index is 1.92. The molecule has 1 saturated heterocycles. The van der Waals surface area contributed by atoms with Crippen molar-refractivity contribution in [3.8, 4) is 0 Å². The first kappa shape index (κ1) is 13.8. The van der Waals surface area contributed by atoms with E-state index in [1.165, 1.54) is 25.7 Å². The molecule has 4 nitrogen and oxygen atoms in total. The fraction of sp³-hybridized carbons (Fsp3) is 0.929. The molecule has 0 radical (unpaired) electrons. The normalized spacial score (nSPS) is 30.9. The molecular formula is C14H27N3O. The number of nitrogens with zero attached hydrogens (tertiary/aromatic N) is 1. The van der Waals surface area contributed by atoms with Crippen molar-refractivity contribution in [2.75, 3.05) is 27.2 Å². The third-order valence-corrected chi connectivity index (χ3v) is 4.93.